The van der Waals surface area contributed by atoms with Crippen LogP contribution in [0.15, 0.2) is 18.2 Å². The molecule has 108 valence electrons. The van der Waals surface area contributed by atoms with Crippen molar-refractivity contribution in [3.05, 3.63) is 29.0 Å². The lowest BCUT2D eigenvalue weighted by atomic mass is 10.1. The summed E-state index contributed by atoms with van der Waals surface area (Å²) in [6.07, 6.45) is 5.03. The Morgan fingerprint density at radius 1 is 1.30 bits per heavy atom. The van der Waals surface area contributed by atoms with Crippen molar-refractivity contribution in [2.24, 2.45) is 0 Å². The van der Waals surface area contributed by atoms with Gasteiger partial charge < -0.3 is 9.88 Å². The van der Waals surface area contributed by atoms with Crippen LogP contribution >= 0.6 is 11.6 Å². The number of nitrogens with zero attached hydrogens (tertiary/aromatic N) is 2. The largest absolute Gasteiger partial charge is 0.324 e. The molecule has 1 atom stereocenters. The first-order valence-corrected chi connectivity index (χ1v) is 7.95. The van der Waals surface area contributed by atoms with Crippen LogP contribution in [0.3, 0.4) is 0 Å². The van der Waals surface area contributed by atoms with Gasteiger partial charge in [0, 0.05) is 11.1 Å². The molecule has 0 radical (unpaired) electrons. The number of rotatable bonds is 2. The zero-order valence-electron chi connectivity index (χ0n) is 12.2. The van der Waals surface area contributed by atoms with Crippen molar-refractivity contribution in [3.63, 3.8) is 0 Å². The third-order valence-electron chi connectivity index (χ3n) is 4.07. The van der Waals surface area contributed by atoms with Crippen molar-refractivity contribution in [2.75, 3.05) is 6.54 Å². The monoisotopic (exact) mass is 291 g/mol. The zero-order chi connectivity index (χ0) is 14.1. The average Bonchev–Trinajstić information content (AvgIpc) is 2.59. The molecular formula is C16H22ClN3. The van der Waals surface area contributed by atoms with Crippen molar-refractivity contribution in [2.45, 2.75) is 51.6 Å². The van der Waals surface area contributed by atoms with E-state index in [0.717, 1.165) is 17.1 Å². The van der Waals surface area contributed by atoms with E-state index >= 15 is 0 Å². The van der Waals surface area contributed by atoms with Crippen molar-refractivity contribution in [3.8, 4) is 0 Å². The minimum absolute atomic E-state index is 0.367. The Kier molecular flexibility index (Phi) is 3.99. The molecule has 0 aliphatic carbocycles. The summed E-state index contributed by atoms with van der Waals surface area (Å²) in [5, 5.41) is 4.41. The molecule has 1 aliphatic heterocycles. The molecule has 1 aromatic carbocycles. The highest BCUT2D eigenvalue weighted by molar-refractivity contribution is 6.31. The molecule has 2 aromatic rings. The summed E-state index contributed by atoms with van der Waals surface area (Å²) >= 11 is 6.11. The number of benzene rings is 1. The molecule has 1 fully saturated rings. The van der Waals surface area contributed by atoms with Gasteiger partial charge in [-0.05, 0) is 51.4 Å². The van der Waals surface area contributed by atoms with E-state index in [1.807, 2.05) is 12.1 Å². The SMILES string of the molecule is CC(C)n1c(C2CCCCCN2)nc2cc(Cl)ccc21. The molecule has 3 rings (SSSR count). The molecule has 1 saturated heterocycles. The summed E-state index contributed by atoms with van der Waals surface area (Å²) in [4.78, 5) is 4.88. The van der Waals surface area contributed by atoms with Crippen LogP contribution in [0.4, 0.5) is 0 Å². The molecule has 3 nitrogen and oxygen atoms in total. The standard InChI is InChI=1S/C16H22ClN3/c1-11(2)20-15-8-7-12(17)10-14(15)19-16(20)13-6-4-3-5-9-18-13/h7-8,10-11,13,18H,3-6,9H2,1-2H3. The van der Waals surface area contributed by atoms with E-state index in [-0.39, 0.29) is 0 Å². The fourth-order valence-electron chi connectivity index (χ4n) is 3.13. The Hall–Kier alpha value is -1.06. The van der Waals surface area contributed by atoms with Gasteiger partial charge in [0.2, 0.25) is 0 Å². The van der Waals surface area contributed by atoms with Crippen molar-refractivity contribution in [1.29, 1.82) is 0 Å². The third-order valence-corrected chi connectivity index (χ3v) is 4.30. The average molecular weight is 292 g/mol. The first-order chi connectivity index (χ1) is 9.66. The van der Waals surface area contributed by atoms with Gasteiger partial charge in [-0.1, -0.05) is 24.4 Å². The molecule has 1 N–H and O–H groups in total. The van der Waals surface area contributed by atoms with E-state index in [2.05, 4.69) is 29.8 Å². The van der Waals surface area contributed by atoms with Crippen LogP contribution in [0.1, 0.15) is 57.4 Å². The second-order valence-corrected chi connectivity index (χ2v) is 6.36. The Labute approximate surface area is 125 Å². The molecule has 4 heteroatoms. The molecule has 1 aromatic heterocycles. The number of hydrogen-bond donors (Lipinski definition) is 1. The van der Waals surface area contributed by atoms with Gasteiger partial charge in [-0.3, -0.25) is 0 Å². The maximum absolute atomic E-state index is 6.11. The second kappa shape index (κ2) is 5.74. The Bertz CT molecular complexity index is 595. The number of imidazole rings is 1. The highest BCUT2D eigenvalue weighted by Crippen LogP contribution is 2.30. The van der Waals surface area contributed by atoms with Crippen molar-refractivity contribution in [1.82, 2.24) is 14.9 Å². The lowest BCUT2D eigenvalue weighted by Gasteiger charge is -2.20. The van der Waals surface area contributed by atoms with Crippen LogP contribution in [-0.2, 0) is 0 Å². The highest BCUT2D eigenvalue weighted by atomic mass is 35.5. The zero-order valence-corrected chi connectivity index (χ0v) is 13.0. The van der Waals surface area contributed by atoms with E-state index in [1.54, 1.807) is 0 Å². The Balaban J connectivity index is 2.10. The predicted molar refractivity (Wildman–Crippen MR) is 84.3 cm³/mol. The van der Waals surface area contributed by atoms with Gasteiger partial charge >= 0.3 is 0 Å². The Morgan fingerprint density at radius 3 is 2.95 bits per heavy atom. The quantitative estimate of drug-likeness (QED) is 0.884. The topological polar surface area (TPSA) is 29.9 Å². The van der Waals surface area contributed by atoms with Gasteiger partial charge in [0.05, 0.1) is 17.1 Å². The fourth-order valence-corrected chi connectivity index (χ4v) is 3.29. The molecule has 0 amide bonds. The number of fused-ring (bicyclic) bond motifs is 1. The van der Waals surface area contributed by atoms with Crippen LogP contribution in [0.2, 0.25) is 5.02 Å². The highest BCUT2D eigenvalue weighted by Gasteiger charge is 2.22. The van der Waals surface area contributed by atoms with E-state index in [1.165, 1.54) is 37.0 Å². The van der Waals surface area contributed by atoms with E-state index in [4.69, 9.17) is 16.6 Å². The minimum Gasteiger partial charge on any atom is -0.324 e. The first-order valence-electron chi connectivity index (χ1n) is 7.57. The van der Waals surface area contributed by atoms with Gasteiger partial charge in [0.1, 0.15) is 5.82 Å². The number of aromatic nitrogens is 2. The van der Waals surface area contributed by atoms with Crippen LogP contribution in [0, 0.1) is 0 Å². The summed E-state index contributed by atoms with van der Waals surface area (Å²) in [6, 6.07) is 6.78. The number of nitrogens with one attached hydrogen (secondary N) is 1. The normalized spacial score (nSPS) is 20.5. The van der Waals surface area contributed by atoms with Crippen molar-refractivity contribution >= 4 is 22.6 Å². The molecule has 1 unspecified atom stereocenters. The fraction of sp³-hybridized carbons (Fsp3) is 0.562. The van der Waals surface area contributed by atoms with Crippen molar-refractivity contribution < 1.29 is 0 Å². The third kappa shape index (κ3) is 2.57. The number of hydrogen-bond acceptors (Lipinski definition) is 2. The van der Waals surface area contributed by atoms with Crippen LogP contribution in [0.25, 0.3) is 11.0 Å². The lowest BCUT2D eigenvalue weighted by molar-refractivity contribution is 0.464. The molecule has 20 heavy (non-hydrogen) atoms. The molecule has 0 spiro atoms. The Morgan fingerprint density at radius 2 is 2.15 bits per heavy atom. The van der Waals surface area contributed by atoms with Crippen LogP contribution in [-0.4, -0.2) is 16.1 Å². The summed E-state index contributed by atoms with van der Waals surface area (Å²) in [7, 11) is 0. The molecule has 0 saturated carbocycles. The smallest absolute Gasteiger partial charge is 0.127 e. The van der Waals surface area contributed by atoms with Gasteiger partial charge in [0.15, 0.2) is 0 Å². The van der Waals surface area contributed by atoms with Gasteiger partial charge in [-0.15, -0.1) is 0 Å². The van der Waals surface area contributed by atoms with E-state index in [9.17, 15) is 0 Å². The van der Waals surface area contributed by atoms with Gasteiger partial charge in [-0.2, -0.15) is 0 Å². The predicted octanol–water partition coefficient (Wildman–Crippen LogP) is 4.48. The summed E-state index contributed by atoms with van der Waals surface area (Å²) < 4.78 is 2.36. The molecule has 2 heterocycles. The first kappa shape index (κ1) is 13.9. The molecule has 0 bridgehead atoms. The van der Waals surface area contributed by atoms with E-state index in [0.29, 0.717) is 12.1 Å². The van der Waals surface area contributed by atoms with Gasteiger partial charge in [-0.25, -0.2) is 4.98 Å². The van der Waals surface area contributed by atoms with E-state index < -0.39 is 0 Å². The maximum atomic E-state index is 6.11. The lowest BCUT2D eigenvalue weighted by Crippen LogP contribution is -2.24. The van der Waals surface area contributed by atoms with Crippen LogP contribution in [0.5, 0.6) is 0 Å². The summed E-state index contributed by atoms with van der Waals surface area (Å²) in [5.74, 6) is 1.17. The summed E-state index contributed by atoms with van der Waals surface area (Å²) in [5.41, 5.74) is 2.19. The molecule has 1 aliphatic rings. The number of halogens is 1. The molecular weight excluding hydrogens is 270 g/mol. The second-order valence-electron chi connectivity index (χ2n) is 5.92. The van der Waals surface area contributed by atoms with Crippen LogP contribution < -0.4 is 5.32 Å². The maximum Gasteiger partial charge on any atom is 0.127 e. The minimum atomic E-state index is 0.367. The van der Waals surface area contributed by atoms with Gasteiger partial charge in [0.25, 0.3) is 0 Å². The summed E-state index contributed by atoms with van der Waals surface area (Å²) in [6.45, 7) is 5.53.